The third-order valence-electron chi connectivity index (χ3n) is 6.61. The minimum absolute atomic E-state index is 0.0852. The minimum Gasteiger partial charge on any atom is -0.493 e. The summed E-state index contributed by atoms with van der Waals surface area (Å²) in [4.78, 5) is 27.6. The van der Waals surface area contributed by atoms with Crippen molar-refractivity contribution in [2.45, 2.75) is 38.7 Å². The standard InChI is InChI=1S/C27H31NO6/c1-17-12-18(2)25-20(13-17)21(29)16-27(34-25)8-10-28(11-9-27)24(30)7-6-19-14-22(31-3)26(33-5)23(15-19)32-4/h6-7,12-15H,8-11,16H2,1-5H3/b7-6+. The van der Waals surface area contributed by atoms with Gasteiger partial charge in [0, 0.05) is 32.0 Å². The maximum absolute atomic E-state index is 12.9. The zero-order valence-electron chi connectivity index (χ0n) is 20.4. The van der Waals surface area contributed by atoms with Gasteiger partial charge < -0.3 is 23.8 Å². The molecule has 2 heterocycles. The Balaban J connectivity index is 1.44. The van der Waals surface area contributed by atoms with E-state index < -0.39 is 5.60 Å². The Kier molecular flexibility index (Phi) is 6.55. The van der Waals surface area contributed by atoms with Gasteiger partial charge in [-0.15, -0.1) is 0 Å². The van der Waals surface area contributed by atoms with Crippen molar-refractivity contribution in [1.82, 2.24) is 4.90 Å². The number of rotatable bonds is 5. The molecule has 2 aromatic rings. The summed E-state index contributed by atoms with van der Waals surface area (Å²) < 4.78 is 22.5. The fourth-order valence-corrected chi connectivity index (χ4v) is 4.82. The number of carbonyl (C=O) groups excluding carboxylic acids is 2. The van der Waals surface area contributed by atoms with Crippen LogP contribution in [0.5, 0.6) is 23.0 Å². The second kappa shape index (κ2) is 9.41. The Morgan fingerprint density at radius 1 is 1.00 bits per heavy atom. The number of Topliss-reactive ketones (excluding diaryl/α,β-unsaturated/α-hetero) is 1. The number of carbonyl (C=O) groups is 2. The molecule has 4 rings (SSSR count). The topological polar surface area (TPSA) is 74.3 Å². The molecule has 0 aromatic heterocycles. The Bertz CT molecular complexity index is 1120. The lowest BCUT2D eigenvalue weighted by Gasteiger charge is -2.44. The molecule has 1 saturated heterocycles. The largest absolute Gasteiger partial charge is 0.493 e. The van der Waals surface area contributed by atoms with Crippen molar-refractivity contribution >= 4 is 17.8 Å². The van der Waals surface area contributed by atoms with Crippen LogP contribution in [0.4, 0.5) is 0 Å². The van der Waals surface area contributed by atoms with Crippen molar-refractivity contribution in [2.75, 3.05) is 34.4 Å². The summed E-state index contributed by atoms with van der Waals surface area (Å²) in [6.07, 6.45) is 4.88. The predicted molar refractivity (Wildman–Crippen MR) is 129 cm³/mol. The molecule has 2 aliphatic heterocycles. The summed E-state index contributed by atoms with van der Waals surface area (Å²) in [6.45, 7) is 5.03. The second-order valence-electron chi connectivity index (χ2n) is 8.96. The second-order valence-corrected chi connectivity index (χ2v) is 8.96. The Labute approximate surface area is 200 Å². The van der Waals surface area contributed by atoms with Crippen molar-refractivity contribution in [1.29, 1.82) is 0 Å². The maximum Gasteiger partial charge on any atom is 0.246 e. The molecule has 1 amide bonds. The first-order valence-corrected chi connectivity index (χ1v) is 11.4. The average Bonchev–Trinajstić information content (AvgIpc) is 2.83. The number of methoxy groups -OCH3 is 3. The van der Waals surface area contributed by atoms with E-state index in [1.807, 2.05) is 26.0 Å². The molecule has 0 N–H and O–H groups in total. The van der Waals surface area contributed by atoms with Gasteiger partial charge in [0.15, 0.2) is 17.3 Å². The van der Waals surface area contributed by atoms with Crippen molar-refractivity contribution in [3.8, 4) is 23.0 Å². The van der Waals surface area contributed by atoms with Crippen LogP contribution in [0.2, 0.25) is 0 Å². The van der Waals surface area contributed by atoms with E-state index >= 15 is 0 Å². The number of hydrogen-bond donors (Lipinski definition) is 0. The quantitative estimate of drug-likeness (QED) is 0.611. The zero-order chi connectivity index (χ0) is 24.5. The molecule has 7 nitrogen and oxygen atoms in total. The van der Waals surface area contributed by atoms with Gasteiger partial charge in [-0.1, -0.05) is 6.07 Å². The number of fused-ring (bicyclic) bond motifs is 1. The Morgan fingerprint density at radius 3 is 2.24 bits per heavy atom. The van der Waals surface area contributed by atoms with Crippen molar-refractivity contribution in [3.63, 3.8) is 0 Å². The van der Waals surface area contributed by atoms with Crippen LogP contribution in [0.15, 0.2) is 30.3 Å². The molecule has 180 valence electrons. The van der Waals surface area contributed by atoms with Gasteiger partial charge in [0.1, 0.15) is 11.4 Å². The van der Waals surface area contributed by atoms with Gasteiger partial charge in [-0.05, 0) is 54.8 Å². The van der Waals surface area contributed by atoms with Crippen molar-refractivity contribution < 1.29 is 28.5 Å². The molecule has 0 saturated carbocycles. The van der Waals surface area contributed by atoms with Crippen LogP contribution >= 0.6 is 0 Å². The molecular formula is C27H31NO6. The van der Waals surface area contributed by atoms with E-state index in [2.05, 4.69) is 0 Å². The Morgan fingerprint density at radius 2 is 1.65 bits per heavy atom. The lowest BCUT2D eigenvalue weighted by Crippen LogP contribution is -2.52. The summed E-state index contributed by atoms with van der Waals surface area (Å²) in [5.41, 5.74) is 2.94. The fourth-order valence-electron chi connectivity index (χ4n) is 4.82. The van der Waals surface area contributed by atoms with Gasteiger partial charge in [-0.25, -0.2) is 0 Å². The van der Waals surface area contributed by atoms with E-state index in [4.69, 9.17) is 18.9 Å². The number of ether oxygens (including phenoxy) is 4. The van der Waals surface area contributed by atoms with Crippen molar-refractivity contribution in [3.05, 3.63) is 52.6 Å². The molecule has 2 aliphatic rings. The minimum atomic E-state index is -0.540. The first kappa shape index (κ1) is 23.7. The number of piperidine rings is 1. The molecule has 34 heavy (non-hydrogen) atoms. The number of likely N-dealkylation sites (tertiary alicyclic amines) is 1. The molecule has 0 aliphatic carbocycles. The van der Waals surface area contributed by atoms with E-state index in [1.165, 1.54) is 0 Å². The number of nitrogens with zero attached hydrogens (tertiary/aromatic N) is 1. The third-order valence-corrected chi connectivity index (χ3v) is 6.61. The van der Waals surface area contributed by atoms with Crippen LogP contribution in [0.1, 0.15) is 46.3 Å². The summed E-state index contributed by atoms with van der Waals surface area (Å²) in [5.74, 6) is 2.29. The highest BCUT2D eigenvalue weighted by Crippen LogP contribution is 2.42. The highest BCUT2D eigenvalue weighted by molar-refractivity contribution is 6.01. The van der Waals surface area contributed by atoms with Gasteiger partial charge >= 0.3 is 0 Å². The van der Waals surface area contributed by atoms with Gasteiger partial charge in [-0.3, -0.25) is 9.59 Å². The predicted octanol–water partition coefficient (Wildman–Crippen LogP) is 4.37. The highest BCUT2D eigenvalue weighted by atomic mass is 16.5. The van der Waals surface area contributed by atoms with Gasteiger partial charge in [0.25, 0.3) is 0 Å². The molecule has 0 radical (unpaired) electrons. The average molecular weight is 466 g/mol. The zero-order valence-corrected chi connectivity index (χ0v) is 20.4. The smallest absolute Gasteiger partial charge is 0.246 e. The highest BCUT2D eigenvalue weighted by Gasteiger charge is 2.44. The van der Waals surface area contributed by atoms with E-state index in [0.29, 0.717) is 60.9 Å². The summed E-state index contributed by atoms with van der Waals surface area (Å²) in [6, 6.07) is 7.53. The van der Waals surface area contributed by atoms with Gasteiger partial charge in [0.2, 0.25) is 11.7 Å². The number of aryl methyl sites for hydroxylation is 2. The van der Waals surface area contributed by atoms with Crippen LogP contribution in [-0.2, 0) is 4.79 Å². The molecule has 0 unspecified atom stereocenters. The molecule has 0 atom stereocenters. The van der Waals surface area contributed by atoms with E-state index in [0.717, 1.165) is 16.7 Å². The van der Waals surface area contributed by atoms with Crippen LogP contribution in [-0.4, -0.2) is 56.6 Å². The van der Waals surface area contributed by atoms with E-state index in [9.17, 15) is 9.59 Å². The first-order chi connectivity index (χ1) is 16.3. The SMILES string of the molecule is COc1cc(/C=C/C(=O)N2CCC3(CC2)CC(=O)c2cc(C)cc(C)c2O3)cc(OC)c1OC. The summed E-state index contributed by atoms with van der Waals surface area (Å²) in [7, 11) is 4.66. The van der Waals surface area contributed by atoms with Crippen LogP contribution in [0.25, 0.3) is 6.08 Å². The van der Waals surface area contributed by atoms with Gasteiger partial charge in [0.05, 0.1) is 33.3 Å². The van der Waals surface area contributed by atoms with Gasteiger partial charge in [-0.2, -0.15) is 0 Å². The fraction of sp³-hybridized carbons (Fsp3) is 0.407. The lowest BCUT2D eigenvalue weighted by atomic mass is 9.81. The molecule has 7 heteroatoms. The summed E-state index contributed by atoms with van der Waals surface area (Å²) in [5, 5.41) is 0. The van der Waals surface area contributed by atoms with Crippen LogP contribution in [0, 0.1) is 13.8 Å². The third kappa shape index (κ3) is 4.47. The van der Waals surface area contributed by atoms with Crippen LogP contribution < -0.4 is 18.9 Å². The first-order valence-electron chi connectivity index (χ1n) is 11.4. The molecular weight excluding hydrogens is 434 g/mol. The molecule has 0 bridgehead atoms. The number of ketones is 1. The van der Waals surface area contributed by atoms with Crippen LogP contribution in [0.3, 0.4) is 0 Å². The van der Waals surface area contributed by atoms with E-state index in [1.54, 1.807) is 50.5 Å². The maximum atomic E-state index is 12.9. The molecule has 1 spiro atoms. The molecule has 2 aromatic carbocycles. The monoisotopic (exact) mass is 465 g/mol. The number of amides is 1. The number of benzene rings is 2. The lowest BCUT2D eigenvalue weighted by molar-refractivity contribution is -0.129. The van der Waals surface area contributed by atoms with Crippen molar-refractivity contribution in [2.24, 2.45) is 0 Å². The number of hydrogen-bond acceptors (Lipinski definition) is 6. The normalized spacial score (nSPS) is 16.9. The molecule has 1 fully saturated rings. The Hall–Kier alpha value is -3.48. The van der Waals surface area contributed by atoms with E-state index in [-0.39, 0.29) is 11.7 Å². The summed E-state index contributed by atoms with van der Waals surface area (Å²) >= 11 is 0.